The van der Waals surface area contributed by atoms with E-state index in [1.807, 2.05) is 4.90 Å². The molecule has 0 radical (unpaired) electrons. The Morgan fingerprint density at radius 3 is 2.68 bits per heavy atom. The first-order chi connectivity index (χ1) is 10.4. The van der Waals surface area contributed by atoms with Crippen molar-refractivity contribution in [3.63, 3.8) is 0 Å². The summed E-state index contributed by atoms with van der Waals surface area (Å²) in [7, 11) is -3.59. The summed E-state index contributed by atoms with van der Waals surface area (Å²) in [4.78, 5) is 14.1. The van der Waals surface area contributed by atoms with Gasteiger partial charge in [0.05, 0.1) is 4.90 Å². The smallest absolute Gasteiger partial charge is 0.240 e. The van der Waals surface area contributed by atoms with Gasteiger partial charge in [-0.25, -0.2) is 13.1 Å². The summed E-state index contributed by atoms with van der Waals surface area (Å²) in [6.07, 6.45) is 2.34. The number of carbonyl (C=O) groups is 1. The molecule has 1 heterocycles. The maximum absolute atomic E-state index is 12.1. The SMILES string of the molecule is C[C@@H]1CCCN(C(=O)CCNS(=O)(=O)c2ccc(Cl)cc2)C1. The number of carbonyl (C=O) groups excluding carboxylic acids is 1. The number of likely N-dealkylation sites (tertiary alicyclic amines) is 1. The fourth-order valence-electron chi connectivity index (χ4n) is 2.56. The van der Waals surface area contributed by atoms with Crippen LogP contribution in [0, 0.1) is 5.92 Å². The second-order valence-corrected chi connectivity index (χ2v) is 7.89. The lowest BCUT2D eigenvalue weighted by Gasteiger charge is -2.31. The summed E-state index contributed by atoms with van der Waals surface area (Å²) >= 11 is 5.74. The molecule has 1 atom stereocenters. The summed E-state index contributed by atoms with van der Waals surface area (Å²) in [5, 5.41) is 0.480. The first kappa shape index (κ1) is 17.2. The van der Waals surface area contributed by atoms with E-state index in [1.165, 1.54) is 24.3 Å². The molecule has 7 heteroatoms. The van der Waals surface area contributed by atoms with Crippen molar-refractivity contribution in [3.05, 3.63) is 29.3 Å². The first-order valence-electron chi connectivity index (χ1n) is 7.41. The van der Waals surface area contributed by atoms with Crippen LogP contribution < -0.4 is 4.72 Å². The molecule has 0 spiro atoms. The van der Waals surface area contributed by atoms with E-state index in [1.54, 1.807) is 0 Å². The van der Waals surface area contributed by atoms with Crippen molar-refractivity contribution in [1.29, 1.82) is 0 Å². The fraction of sp³-hybridized carbons (Fsp3) is 0.533. The lowest BCUT2D eigenvalue weighted by Crippen LogP contribution is -2.40. The Morgan fingerprint density at radius 1 is 1.36 bits per heavy atom. The Balaban J connectivity index is 1.84. The molecule has 5 nitrogen and oxygen atoms in total. The van der Waals surface area contributed by atoms with E-state index >= 15 is 0 Å². The lowest BCUT2D eigenvalue weighted by atomic mass is 10.0. The topological polar surface area (TPSA) is 66.5 Å². The number of halogens is 1. The van der Waals surface area contributed by atoms with Crippen molar-refractivity contribution < 1.29 is 13.2 Å². The standard InChI is InChI=1S/C15H21ClN2O3S/c1-12-3-2-10-18(11-12)15(19)8-9-17-22(20,21)14-6-4-13(16)5-7-14/h4-7,12,17H,2-3,8-11H2,1H3/t12-/m1/s1. The highest BCUT2D eigenvalue weighted by Gasteiger charge is 2.21. The highest BCUT2D eigenvalue weighted by atomic mass is 35.5. The molecule has 2 rings (SSSR count). The minimum Gasteiger partial charge on any atom is -0.342 e. The van der Waals surface area contributed by atoms with Gasteiger partial charge in [0.15, 0.2) is 0 Å². The zero-order chi connectivity index (χ0) is 16.2. The Hall–Kier alpha value is -1.11. The molecule has 1 aromatic rings. The van der Waals surface area contributed by atoms with E-state index in [4.69, 9.17) is 11.6 Å². The van der Waals surface area contributed by atoms with Crippen LogP contribution in [0.2, 0.25) is 5.02 Å². The Kier molecular flexibility index (Phi) is 5.83. The van der Waals surface area contributed by atoms with Crippen molar-refractivity contribution in [3.8, 4) is 0 Å². The number of benzene rings is 1. The monoisotopic (exact) mass is 344 g/mol. The number of piperidine rings is 1. The summed E-state index contributed by atoms with van der Waals surface area (Å²) < 4.78 is 26.6. The number of hydrogen-bond acceptors (Lipinski definition) is 3. The number of rotatable bonds is 5. The molecule has 0 aliphatic carbocycles. The Morgan fingerprint density at radius 2 is 2.05 bits per heavy atom. The highest BCUT2D eigenvalue weighted by molar-refractivity contribution is 7.89. The predicted octanol–water partition coefficient (Wildman–Crippen LogP) is 2.27. The quantitative estimate of drug-likeness (QED) is 0.891. The zero-order valence-corrected chi connectivity index (χ0v) is 14.2. The van der Waals surface area contributed by atoms with Crippen LogP contribution in [0.25, 0.3) is 0 Å². The van der Waals surface area contributed by atoms with Crippen LogP contribution in [-0.4, -0.2) is 38.9 Å². The van der Waals surface area contributed by atoms with Gasteiger partial charge >= 0.3 is 0 Å². The molecule has 1 aromatic carbocycles. The van der Waals surface area contributed by atoms with Gasteiger partial charge in [-0.1, -0.05) is 18.5 Å². The maximum Gasteiger partial charge on any atom is 0.240 e. The molecular weight excluding hydrogens is 324 g/mol. The van der Waals surface area contributed by atoms with E-state index < -0.39 is 10.0 Å². The third-order valence-corrected chi connectivity index (χ3v) is 5.49. The second kappa shape index (κ2) is 7.44. The van der Waals surface area contributed by atoms with Crippen LogP contribution in [0.4, 0.5) is 0 Å². The van der Waals surface area contributed by atoms with E-state index in [2.05, 4.69) is 11.6 Å². The molecule has 1 saturated heterocycles. The normalized spacial score (nSPS) is 19.2. The average Bonchev–Trinajstić information content (AvgIpc) is 2.47. The van der Waals surface area contributed by atoms with Gasteiger partial charge in [0.1, 0.15) is 0 Å². The number of hydrogen-bond donors (Lipinski definition) is 1. The summed E-state index contributed by atoms with van der Waals surface area (Å²) in [5.74, 6) is 0.522. The van der Waals surface area contributed by atoms with Gasteiger partial charge in [-0.05, 0) is 43.0 Å². The van der Waals surface area contributed by atoms with E-state index in [0.29, 0.717) is 10.9 Å². The van der Waals surface area contributed by atoms with Crippen molar-refractivity contribution in [2.24, 2.45) is 5.92 Å². The maximum atomic E-state index is 12.1. The van der Waals surface area contributed by atoms with Crippen molar-refractivity contribution in [2.45, 2.75) is 31.1 Å². The summed E-state index contributed by atoms with van der Waals surface area (Å²) in [5.41, 5.74) is 0. The molecule has 1 aliphatic rings. The van der Waals surface area contributed by atoms with Gasteiger partial charge in [-0.3, -0.25) is 4.79 Å². The average molecular weight is 345 g/mol. The van der Waals surface area contributed by atoms with Gasteiger partial charge in [0.25, 0.3) is 0 Å². The van der Waals surface area contributed by atoms with Gasteiger partial charge < -0.3 is 4.90 Å². The predicted molar refractivity (Wildman–Crippen MR) is 86.2 cm³/mol. The molecule has 1 N–H and O–H groups in total. The van der Waals surface area contributed by atoms with Crippen molar-refractivity contribution in [2.75, 3.05) is 19.6 Å². The van der Waals surface area contributed by atoms with Crippen molar-refractivity contribution >= 4 is 27.5 Å². The molecule has 1 fully saturated rings. The Labute approximate surface area is 136 Å². The molecule has 22 heavy (non-hydrogen) atoms. The van der Waals surface area contributed by atoms with Crippen LogP contribution in [0.3, 0.4) is 0 Å². The fourth-order valence-corrected chi connectivity index (χ4v) is 3.72. The number of nitrogens with one attached hydrogen (secondary N) is 1. The number of sulfonamides is 1. The number of nitrogens with zero attached hydrogens (tertiary/aromatic N) is 1. The number of amides is 1. The minimum absolute atomic E-state index is 0.00496. The van der Waals surface area contributed by atoms with Gasteiger partial charge in [-0.15, -0.1) is 0 Å². The van der Waals surface area contributed by atoms with E-state index in [-0.39, 0.29) is 23.8 Å². The lowest BCUT2D eigenvalue weighted by molar-refractivity contribution is -0.132. The van der Waals surface area contributed by atoms with Crippen molar-refractivity contribution in [1.82, 2.24) is 9.62 Å². The Bertz CT molecular complexity index is 616. The van der Waals surface area contributed by atoms with Gasteiger partial charge in [0.2, 0.25) is 15.9 Å². The van der Waals surface area contributed by atoms with Crippen LogP contribution in [0.15, 0.2) is 29.2 Å². The first-order valence-corrected chi connectivity index (χ1v) is 9.27. The van der Waals surface area contributed by atoms with E-state index in [0.717, 1.165) is 25.9 Å². The highest BCUT2D eigenvalue weighted by Crippen LogP contribution is 2.16. The molecule has 0 unspecified atom stereocenters. The summed E-state index contributed by atoms with van der Waals surface area (Å²) in [6.45, 7) is 3.77. The largest absolute Gasteiger partial charge is 0.342 e. The third kappa shape index (κ3) is 4.69. The van der Waals surface area contributed by atoms with Crippen LogP contribution >= 0.6 is 11.6 Å². The van der Waals surface area contributed by atoms with Gasteiger partial charge in [-0.2, -0.15) is 0 Å². The third-order valence-electron chi connectivity index (χ3n) is 3.76. The second-order valence-electron chi connectivity index (χ2n) is 5.69. The molecule has 0 aromatic heterocycles. The minimum atomic E-state index is -3.59. The van der Waals surface area contributed by atoms with Crippen LogP contribution in [-0.2, 0) is 14.8 Å². The molecule has 1 aliphatic heterocycles. The zero-order valence-electron chi connectivity index (χ0n) is 12.6. The van der Waals surface area contributed by atoms with Crippen LogP contribution in [0.1, 0.15) is 26.2 Å². The van der Waals surface area contributed by atoms with Crippen LogP contribution in [0.5, 0.6) is 0 Å². The van der Waals surface area contributed by atoms with Gasteiger partial charge in [0, 0.05) is 31.1 Å². The molecule has 1 amide bonds. The molecular formula is C15H21ClN2O3S. The summed E-state index contributed by atoms with van der Waals surface area (Å²) in [6, 6.07) is 5.93. The molecule has 122 valence electrons. The molecule has 0 saturated carbocycles. The van der Waals surface area contributed by atoms with E-state index in [9.17, 15) is 13.2 Å². The molecule has 0 bridgehead atoms.